The van der Waals surface area contributed by atoms with Crippen LogP contribution in [0.5, 0.6) is 0 Å². The summed E-state index contributed by atoms with van der Waals surface area (Å²) in [5, 5.41) is 3.31. The molecule has 1 saturated heterocycles. The van der Waals surface area contributed by atoms with Crippen molar-refractivity contribution in [2.75, 3.05) is 25.0 Å². The van der Waals surface area contributed by atoms with E-state index in [1.165, 1.54) is 39.9 Å². The Morgan fingerprint density at radius 1 is 1.15 bits per heavy atom. The van der Waals surface area contributed by atoms with Gasteiger partial charge in [-0.25, -0.2) is 13.2 Å². The number of rotatable bonds is 6. The number of benzene rings is 1. The molecule has 2 aliphatic rings. The van der Waals surface area contributed by atoms with Gasteiger partial charge in [0.15, 0.2) is 0 Å². The van der Waals surface area contributed by atoms with Crippen LogP contribution in [0.1, 0.15) is 58.3 Å². The topological polar surface area (TPSA) is 102 Å². The van der Waals surface area contributed by atoms with Gasteiger partial charge >= 0.3 is 5.97 Å². The number of nitrogens with zero attached hydrogens (tertiary/aromatic N) is 1. The summed E-state index contributed by atoms with van der Waals surface area (Å²) < 4.78 is 38.3. The number of sulfonamides is 1. The molecule has 0 saturated carbocycles. The maximum absolute atomic E-state index is 13.0. The van der Waals surface area contributed by atoms with Gasteiger partial charge < -0.3 is 14.8 Å². The van der Waals surface area contributed by atoms with E-state index in [0.29, 0.717) is 16.1 Å². The van der Waals surface area contributed by atoms with E-state index in [1.54, 1.807) is 6.92 Å². The normalized spacial score (nSPS) is 20.9. The molecular formula is C23H28N2O6S2. The Morgan fingerprint density at radius 2 is 1.82 bits per heavy atom. The number of aryl methyl sites for hydroxylation is 1. The predicted octanol–water partition coefficient (Wildman–Crippen LogP) is 3.46. The van der Waals surface area contributed by atoms with Gasteiger partial charge in [-0.2, -0.15) is 4.31 Å². The number of carbonyl (C=O) groups excluding carboxylic acids is 2. The molecule has 4 rings (SSSR count). The van der Waals surface area contributed by atoms with Gasteiger partial charge in [-0.3, -0.25) is 4.79 Å². The zero-order valence-electron chi connectivity index (χ0n) is 18.9. The first-order valence-electron chi connectivity index (χ1n) is 11.1. The molecule has 178 valence electrons. The molecule has 1 aromatic carbocycles. The molecule has 2 atom stereocenters. The van der Waals surface area contributed by atoms with E-state index < -0.39 is 21.9 Å². The number of carbonyl (C=O) groups is 2. The lowest BCUT2D eigenvalue weighted by Crippen LogP contribution is -2.48. The monoisotopic (exact) mass is 492 g/mol. The first kappa shape index (κ1) is 23.9. The number of nitrogens with one attached hydrogen (secondary N) is 1. The summed E-state index contributed by atoms with van der Waals surface area (Å²) in [6.45, 7) is 6.26. The van der Waals surface area contributed by atoms with Crippen molar-refractivity contribution in [1.29, 1.82) is 0 Å². The maximum atomic E-state index is 13.0. The molecule has 2 aromatic rings. The number of esters is 1. The van der Waals surface area contributed by atoms with Gasteiger partial charge in [0.05, 0.1) is 29.3 Å². The summed E-state index contributed by atoms with van der Waals surface area (Å²) in [6.07, 6.45) is 2.29. The van der Waals surface area contributed by atoms with Gasteiger partial charge in [0.25, 0.3) is 5.91 Å². The number of anilines is 1. The highest BCUT2D eigenvalue weighted by atomic mass is 32.2. The number of thiophene rings is 1. The fourth-order valence-corrected chi connectivity index (χ4v) is 7.20. The zero-order valence-corrected chi connectivity index (χ0v) is 20.6. The maximum Gasteiger partial charge on any atom is 0.341 e. The van der Waals surface area contributed by atoms with Crippen LogP contribution in [0.3, 0.4) is 0 Å². The van der Waals surface area contributed by atoms with E-state index in [0.717, 1.165) is 29.7 Å². The van der Waals surface area contributed by atoms with Crippen LogP contribution in [0.2, 0.25) is 0 Å². The van der Waals surface area contributed by atoms with Crippen LogP contribution in [0.4, 0.5) is 5.00 Å². The minimum absolute atomic E-state index is 0.127. The fraction of sp³-hybridized carbons (Fsp3) is 0.478. The Morgan fingerprint density at radius 3 is 2.45 bits per heavy atom. The highest BCUT2D eigenvalue weighted by Gasteiger charge is 2.32. The largest absolute Gasteiger partial charge is 0.462 e. The van der Waals surface area contributed by atoms with Crippen LogP contribution < -0.4 is 5.32 Å². The minimum Gasteiger partial charge on any atom is -0.462 e. The van der Waals surface area contributed by atoms with Crippen LogP contribution in [0, 0.1) is 0 Å². The number of hydrogen-bond acceptors (Lipinski definition) is 7. The Bertz CT molecular complexity index is 1150. The molecule has 1 aliphatic heterocycles. The van der Waals surface area contributed by atoms with Crippen molar-refractivity contribution >= 4 is 38.2 Å². The minimum atomic E-state index is -3.69. The molecule has 2 unspecified atom stereocenters. The van der Waals surface area contributed by atoms with Gasteiger partial charge in [-0.05, 0) is 69.9 Å². The number of amides is 1. The molecule has 33 heavy (non-hydrogen) atoms. The summed E-state index contributed by atoms with van der Waals surface area (Å²) in [6, 6.07) is 5.85. The van der Waals surface area contributed by atoms with Gasteiger partial charge in [-0.1, -0.05) is 0 Å². The molecule has 2 heterocycles. The SMILES string of the molecule is CCOC(=O)c1c(NC(=O)c2ccc(S(=O)(=O)N3CC(C)OC(C)C3)cc2)sc2c1CCC2. The molecule has 1 N–H and O–H groups in total. The number of ether oxygens (including phenoxy) is 2. The molecule has 1 fully saturated rings. The smallest absolute Gasteiger partial charge is 0.341 e. The van der Waals surface area contributed by atoms with Crippen LogP contribution in [-0.4, -0.2) is 56.5 Å². The molecule has 1 amide bonds. The van der Waals surface area contributed by atoms with Gasteiger partial charge in [0.1, 0.15) is 5.00 Å². The Hall–Kier alpha value is -2.27. The molecule has 8 nitrogen and oxygen atoms in total. The van der Waals surface area contributed by atoms with Crippen molar-refractivity contribution in [1.82, 2.24) is 4.31 Å². The highest BCUT2D eigenvalue weighted by Crippen LogP contribution is 2.39. The number of fused-ring (bicyclic) bond motifs is 1. The van der Waals surface area contributed by atoms with E-state index in [1.807, 2.05) is 13.8 Å². The van der Waals surface area contributed by atoms with E-state index in [4.69, 9.17) is 9.47 Å². The molecule has 0 spiro atoms. The third kappa shape index (κ3) is 4.84. The lowest BCUT2D eigenvalue weighted by molar-refractivity contribution is -0.0440. The highest BCUT2D eigenvalue weighted by molar-refractivity contribution is 7.89. The second kappa shape index (κ2) is 9.54. The summed E-state index contributed by atoms with van der Waals surface area (Å²) in [5.74, 6) is -0.833. The molecule has 10 heteroatoms. The molecule has 1 aliphatic carbocycles. The van der Waals surface area contributed by atoms with Gasteiger partial charge in [0, 0.05) is 23.5 Å². The quantitative estimate of drug-likeness (QED) is 0.620. The fourth-order valence-electron chi connectivity index (χ4n) is 4.34. The predicted molar refractivity (Wildman–Crippen MR) is 125 cm³/mol. The van der Waals surface area contributed by atoms with Crippen LogP contribution in [-0.2, 0) is 32.3 Å². The molecule has 0 bridgehead atoms. The molecule has 1 aromatic heterocycles. The van der Waals surface area contributed by atoms with Gasteiger partial charge in [-0.15, -0.1) is 11.3 Å². The standard InChI is InChI=1S/C23H28N2O6S2/c1-4-30-23(27)20-18-6-5-7-19(18)32-22(20)24-21(26)16-8-10-17(11-9-16)33(28,29)25-12-14(2)31-15(3)13-25/h8-11,14-15H,4-7,12-13H2,1-3H3,(H,24,26). The zero-order chi connectivity index (χ0) is 23.8. The van der Waals surface area contributed by atoms with E-state index in [2.05, 4.69) is 5.32 Å². The third-order valence-electron chi connectivity index (χ3n) is 5.77. The third-order valence-corrected chi connectivity index (χ3v) is 8.82. The summed E-state index contributed by atoms with van der Waals surface area (Å²) in [4.78, 5) is 26.6. The second-order valence-electron chi connectivity index (χ2n) is 8.34. The lowest BCUT2D eigenvalue weighted by atomic mass is 10.1. The van der Waals surface area contributed by atoms with Crippen LogP contribution in [0.15, 0.2) is 29.2 Å². The Balaban J connectivity index is 1.52. The van der Waals surface area contributed by atoms with Crippen molar-refractivity contribution in [2.24, 2.45) is 0 Å². The Labute approximate surface area is 197 Å². The van der Waals surface area contributed by atoms with Crippen molar-refractivity contribution in [3.8, 4) is 0 Å². The second-order valence-corrected chi connectivity index (χ2v) is 11.4. The van der Waals surface area contributed by atoms with Crippen molar-refractivity contribution < 1.29 is 27.5 Å². The molecular weight excluding hydrogens is 464 g/mol. The van der Waals surface area contributed by atoms with E-state index in [9.17, 15) is 18.0 Å². The van der Waals surface area contributed by atoms with Crippen LogP contribution >= 0.6 is 11.3 Å². The lowest BCUT2D eigenvalue weighted by Gasteiger charge is -2.34. The number of hydrogen-bond donors (Lipinski definition) is 1. The summed E-state index contributed by atoms with van der Waals surface area (Å²) >= 11 is 1.41. The van der Waals surface area contributed by atoms with Gasteiger partial charge in [0.2, 0.25) is 10.0 Å². The summed E-state index contributed by atoms with van der Waals surface area (Å²) in [5.41, 5.74) is 1.71. The van der Waals surface area contributed by atoms with Crippen molar-refractivity contribution in [3.63, 3.8) is 0 Å². The first-order chi connectivity index (χ1) is 15.7. The molecule has 0 radical (unpaired) electrons. The first-order valence-corrected chi connectivity index (χ1v) is 13.3. The number of morpholine rings is 1. The average molecular weight is 493 g/mol. The van der Waals surface area contributed by atoms with Crippen molar-refractivity contribution in [3.05, 3.63) is 45.8 Å². The van der Waals surface area contributed by atoms with E-state index >= 15 is 0 Å². The Kier molecular flexibility index (Phi) is 6.90. The van der Waals surface area contributed by atoms with Crippen LogP contribution in [0.25, 0.3) is 0 Å². The van der Waals surface area contributed by atoms with E-state index in [-0.39, 0.29) is 36.8 Å². The van der Waals surface area contributed by atoms with Crippen molar-refractivity contribution in [2.45, 2.75) is 57.1 Å². The summed E-state index contributed by atoms with van der Waals surface area (Å²) in [7, 11) is -3.69. The average Bonchev–Trinajstić information content (AvgIpc) is 3.34.